The second-order valence-electron chi connectivity index (χ2n) is 7.98. The van der Waals surface area contributed by atoms with Crippen molar-refractivity contribution in [1.29, 1.82) is 0 Å². The number of aromatic nitrogens is 1. The number of thiophene rings is 1. The summed E-state index contributed by atoms with van der Waals surface area (Å²) in [5.74, 6) is 1.40. The number of hydrogen-bond donors (Lipinski definition) is 0. The number of hydrogen-bond acceptors (Lipinski definition) is 5. The minimum Gasteiger partial charge on any atom is -0.353 e. The molecule has 1 fully saturated rings. The van der Waals surface area contributed by atoms with E-state index in [4.69, 9.17) is 0 Å². The van der Waals surface area contributed by atoms with Crippen LogP contribution in [0.1, 0.15) is 40.4 Å². The number of aryl methyl sites for hydroxylation is 1. The first kappa shape index (κ1) is 20.8. The molecule has 2 aliphatic rings. The van der Waals surface area contributed by atoms with Crippen LogP contribution in [0.5, 0.6) is 0 Å². The first-order valence-corrected chi connectivity index (χ1v) is 11.8. The van der Waals surface area contributed by atoms with Gasteiger partial charge in [-0.1, -0.05) is 6.07 Å². The average Bonchev–Trinajstić information content (AvgIpc) is 3.23. The van der Waals surface area contributed by atoms with Gasteiger partial charge in [-0.05, 0) is 56.9 Å². The normalized spacial score (nSPS) is 18.8. The zero-order chi connectivity index (χ0) is 21.1. The van der Waals surface area contributed by atoms with Crippen LogP contribution in [0.2, 0.25) is 0 Å². The number of anilines is 1. The van der Waals surface area contributed by atoms with Gasteiger partial charge in [-0.25, -0.2) is 4.98 Å². The van der Waals surface area contributed by atoms with Crippen LogP contribution in [0.25, 0.3) is 0 Å². The van der Waals surface area contributed by atoms with Crippen LogP contribution in [0.3, 0.4) is 0 Å². The Labute approximate surface area is 182 Å². The maximum Gasteiger partial charge on any atom is 0.263 e. The predicted molar refractivity (Wildman–Crippen MR) is 120 cm³/mol. The molecule has 1 aliphatic heterocycles. The zero-order valence-electron chi connectivity index (χ0n) is 17.8. The van der Waals surface area contributed by atoms with Gasteiger partial charge in [0.25, 0.3) is 5.91 Å². The highest BCUT2D eigenvalue weighted by Gasteiger charge is 2.32. The Morgan fingerprint density at radius 3 is 2.60 bits per heavy atom. The average molecular weight is 427 g/mol. The molecule has 7 heteroatoms. The van der Waals surface area contributed by atoms with E-state index < -0.39 is 0 Å². The van der Waals surface area contributed by atoms with Crippen molar-refractivity contribution in [3.63, 3.8) is 0 Å². The maximum atomic E-state index is 13.2. The molecule has 0 N–H and O–H groups in total. The van der Waals surface area contributed by atoms with Gasteiger partial charge in [0, 0.05) is 56.3 Å². The molecule has 1 saturated heterocycles. The molecule has 0 radical (unpaired) electrons. The summed E-state index contributed by atoms with van der Waals surface area (Å²) in [6, 6.07) is 7.98. The largest absolute Gasteiger partial charge is 0.353 e. The Morgan fingerprint density at radius 1 is 1.17 bits per heavy atom. The van der Waals surface area contributed by atoms with Gasteiger partial charge in [-0.15, -0.1) is 11.3 Å². The van der Waals surface area contributed by atoms with Crippen molar-refractivity contribution in [2.24, 2.45) is 5.92 Å². The van der Waals surface area contributed by atoms with Gasteiger partial charge in [-0.3, -0.25) is 9.59 Å². The Morgan fingerprint density at radius 2 is 1.93 bits per heavy atom. The molecule has 0 saturated carbocycles. The minimum atomic E-state index is 0.0323. The molecule has 1 aliphatic carbocycles. The topological polar surface area (TPSA) is 56.8 Å². The summed E-state index contributed by atoms with van der Waals surface area (Å²) < 4.78 is 0. The summed E-state index contributed by atoms with van der Waals surface area (Å²) in [6.45, 7) is 8.60. The lowest BCUT2D eigenvalue weighted by molar-refractivity contribution is -0.136. The summed E-state index contributed by atoms with van der Waals surface area (Å²) in [5.41, 5.74) is 1.20. The third-order valence-electron chi connectivity index (χ3n) is 6.26. The lowest BCUT2D eigenvalue weighted by atomic mass is 9.87. The standard InChI is InChI=1S/C23H30N4O2S/c1-3-25(4-2)23(29)20-16-18-15-17(8-9-19(18)30-20)22(28)27-13-11-26(12-14-27)21-7-5-6-10-24-21/h5-7,10,16-17H,3-4,8-9,11-15H2,1-2H3/t17-/m0/s1. The molecule has 6 nitrogen and oxygen atoms in total. The third kappa shape index (κ3) is 4.21. The van der Waals surface area contributed by atoms with Gasteiger partial charge in [0.1, 0.15) is 5.82 Å². The molecule has 0 aromatic carbocycles. The van der Waals surface area contributed by atoms with E-state index in [0.717, 1.165) is 69.2 Å². The fourth-order valence-electron chi connectivity index (χ4n) is 4.46. The highest BCUT2D eigenvalue weighted by atomic mass is 32.1. The molecule has 2 aromatic rings. The van der Waals surface area contributed by atoms with E-state index in [-0.39, 0.29) is 17.7 Å². The summed E-state index contributed by atoms with van der Waals surface area (Å²) >= 11 is 1.62. The fraction of sp³-hybridized carbons (Fsp3) is 0.522. The van der Waals surface area contributed by atoms with Crippen molar-refractivity contribution < 1.29 is 9.59 Å². The molecular weight excluding hydrogens is 396 g/mol. The van der Waals surface area contributed by atoms with Crippen LogP contribution in [-0.4, -0.2) is 65.9 Å². The summed E-state index contributed by atoms with van der Waals surface area (Å²) in [7, 11) is 0. The SMILES string of the molecule is CCN(CC)C(=O)c1cc2c(s1)CC[C@H](C(=O)N1CCN(c3ccccn3)CC1)C2. The van der Waals surface area contributed by atoms with Gasteiger partial charge in [0.2, 0.25) is 5.91 Å². The van der Waals surface area contributed by atoms with Gasteiger partial charge in [0.05, 0.1) is 4.88 Å². The van der Waals surface area contributed by atoms with E-state index in [0.29, 0.717) is 0 Å². The van der Waals surface area contributed by atoms with Gasteiger partial charge < -0.3 is 14.7 Å². The molecule has 2 amide bonds. The number of fused-ring (bicyclic) bond motifs is 1. The fourth-order valence-corrected chi connectivity index (χ4v) is 5.64. The van der Waals surface area contributed by atoms with Crippen LogP contribution in [-0.2, 0) is 17.6 Å². The van der Waals surface area contributed by atoms with E-state index >= 15 is 0 Å². The second-order valence-corrected chi connectivity index (χ2v) is 9.11. The molecule has 160 valence electrons. The molecular formula is C23H30N4O2S. The first-order chi connectivity index (χ1) is 14.6. The molecule has 3 heterocycles. The van der Waals surface area contributed by atoms with Crippen LogP contribution >= 0.6 is 11.3 Å². The number of pyridine rings is 1. The van der Waals surface area contributed by atoms with E-state index in [1.54, 1.807) is 11.3 Å². The second kappa shape index (κ2) is 9.16. The predicted octanol–water partition coefficient (Wildman–Crippen LogP) is 3.08. The third-order valence-corrected chi connectivity index (χ3v) is 7.48. The van der Waals surface area contributed by atoms with Crippen molar-refractivity contribution in [1.82, 2.24) is 14.8 Å². The highest BCUT2D eigenvalue weighted by molar-refractivity contribution is 7.14. The number of piperazine rings is 1. The quantitative estimate of drug-likeness (QED) is 0.737. The molecule has 1 atom stereocenters. The van der Waals surface area contributed by atoms with E-state index in [9.17, 15) is 9.59 Å². The van der Waals surface area contributed by atoms with Gasteiger partial charge >= 0.3 is 0 Å². The number of carbonyl (C=O) groups is 2. The lowest BCUT2D eigenvalue weighted by Crippen LogP contribution is -2.51. The Bertz CT molecular complexity index is 886. The smallest absolute Gasteiger partial charge is 0.263 e. The van der Waals surface area contributed by atoms with Crippen LogP contribution in [0.15, 0.2) is 30.5 Å². The zero-order valence-corrected chi connectivity index (χ0v) is 18.7. The Kier molecular flexibility index (Phi) is 6.37. The molecule has 0 bridgehead atoms. The van der Waals surface area contributed by atoms with E-state index in [2.05, 4.69) is 9.88 Å². The van der Waals surface area contributed by atoms with E-state index in [1.807, 2.05) is 54.1 Å². The molecule has 0 spiro atoms. The van der Waals surface area contributed by atoms with Crippen molar-refractivity contribution in [2.45, 2.75) is 33.1 Å². The molecule has 0 unspecified atom stereocenters. The highest BCUT2D eigenvalue weighted by Crippen LogP contribution is 2.34. The number of amides is 2. The van der Waals surface area contributed by atoms with Gasteiger partial charge in [-0.2, -0.15) is 0 Å². The van der Waals surface area contributed by atoms with Crippen LogP contribution in [0, 0.1) is 5.92 Å². The number of carbonyl (C=O) groups excluding carboxylic acids is 2. The minimum absolute atomic E-state index is 0.0323. The lowest BCUT2D eigenvalue weighted by Gasteiger charge is -2.37. The Hall–Kier alpha value is -2.41. The summed E-state index contributed by atoms with van der Waals surface area (Å²) in [6.07, 6.45) is 4.35. The van der Waals surface area contributed by atoms with Gasteiger partial charge in [0.15, 0.2) is 0 Å². The molecule has 4 rings (SSSR count). The van der Waals surface area contributed by atoms with E-state index in [1.165, 1.54) is 10.4 Å². The summed E-state index contributed by atoms with van der Waals surface area (Å²) in [4.78, 5) is 38.5. The number of nitrogens with zero attached hydrogens (tertiary/aromatic N) is 4. The van der Waals surface area contributed by atoms with Crippen LogP contribution in [0.4, 0.5) is 5.82 Å². The monoisotopic (exact) mass is 426 g/mol. The maximum absolute atomic E-state index is 13.2. The first-order valence-electron chi connectivity index (χ1n) is 11.0. The van der Waals surface area contributed by atoms with Crippen molar-refractivity contribution in [3.05, 3.63) is 45.8 Å². The van der Waals surface area contributed by atoms with Crippen molar-refractivity contribution in [2.75, 3.05) is 44.2 Å². The molecule has 2 aromatic heterocycles. The van der Waals surface area contributed by atoms with Crippen molar-refractivity contribution in [3.8, 4) is 0 Å². The number of rotatable bonds is 5. The summed E-state index contributed by atoms with van der Waals surface area (Å²) in [5, 5.41) is 0. The Balaban J connectivity index is 1.37. The molecule has 30 heavy (non-hydrogen) atoms. The van der Waals surface area contributed by atoms with Crippen molar-refractivity contribution >= 4 is 29.0 Å². The van der Waals surface area contributed by atoms with Crippen LogP contribution < -0.4 is 4.90 Å².